The second-order valence-electron chi connectivity index (χ2n) is 3.59. The van der Waals surface area contributed by atoms with Gasteiger partial charge >= 0.3 is 0 Å². The highest BCUT2D eigenvalue weighted by Crippen LogP contribution is 2.20. The Bertz CT molecular complexity index is 288. The van der Waals surface area contributed by atoms with Crippen LogP contribution in [0.2, 0.25) is 0 Å². The molecule has 0 spiro atoms. The van der Waals surface area contributed by atoms with Gasteiger partial charge in [0.1, 0.15) is 11.9 Å². The Hall–Kier alpha value is -0.540. The van der Waals surface area contributed by atoms with E-state index in [-0.39, 0.29) is 6.10 Å². The Morgan fingerprint density at radius 2 is 2.14 bits per heavy atom. The van der Waals surface area contributed by atoms with Crippen LogP contribution in [0.5, 0.6) is 5.75 Å². The molecule has 1 rings (SSSR count). The van der Waals surface area contributed by atoms with Gasteiger partial charge in [-0.25, -0.2) is 0 Å². The van der Waals surface area contributed by atoms with E-state index in [1.54, 1.807) is 0 Å². The lowest BCUT2D eigenvalue weighted by Crippen LogP contribution is -2.31. The number of benzene rings is 1. The third-order valence-corrected chi connectivity index (χ3v) is 2.55. The quantitative estimate of drug-likeness (QED) is 0.901. The van der Waals surface area contributed by atoms with Crippen molar-refractivity contribution in [1.82, 2.24) is 0 Å². The van der Waals surface area contributed by atoms with E-state index in [0.29, 0.717) is 12.5 Å². The van der Waals surface area contributed by atoms with Crippen molar-refractivity contribution in [2.75, 3.05) is 6.54 Å². The van der Waals surface area contributed by atoms with Gasteiger partial charge in [0.05, 0.1) is 0 Å². The van der Waals surface area contributed by atoms with Crippen LogP contribution in [0.15, 0.2) is 28.7 Å². The molecule has 78 valence electrons. The fourth-order valence-electron chi connectivity index (χ4n) is 1.17. The molecule has 3 heteroatoms. The minimum Gasteiger partial charge on any atom is -0.489 e. The fraction of sp³-hybridized carbons (Fsp3) is 0.455. The molecule has 1 aromatic carbocycles. The summed E-state index contributed by atoms with van der Waals surface area (Å²) in [6.07, 6.45) is 0.0873. The molecule has 0 fully saturated rings. The zero-order chi connectivity index (χ0) is 10.6. The van der Waals surface area contributed by atoms with Gasteiger partial charge in [-0.3, -0.25) is 0 Å². The summed E-state index contributed by atoms with van der Waals surface area (Å²) in [6, 6.07) is 7.81. The van der Waals surface area contributed by atoms with Crippen LogP contribution in [0.1, 0.15) is 13.8 Å². The Labute approximate surface area is 93.6 Å². The Balaban J connectivity index is 2.67. The average Bonchev–Trinajstić information content (AvgIpc) is 2.14. The van der Waals surface area contributed by atoms with E-state index in [4.69, 9.17) is 10.5 Å². The maximum Gasteiger partial charge on any atom is 0.120 e. The summed E-state index contributed by atoms with van der Waals surface area (Å²) < 4.78 is 6.77. The molecule has 0 saturated carbocycles. The van der Waals surface area contributed by atoms with Gasteiger partial charge < -0.3 is 10.5 Å². The van der Waals surface area contributed by atoms with Crippen molar-refractivity contribution in [3.05, 3.63) is 28.7 Å². The van der Waals surface area contributed by atoms with E-state index in [0.717, 1.165) is 10.2 Å². The molecule has 14 heavy (non-hydrogen) atoms. The molecular weight excluding hydrogens is 242 g/mol. The summed E-state index contributed by atoms with van der Waals surface area (Å²) in [5.74, 6) is 1.29. The molecule has 2 N–H and O–H groups in total. The van der Waals surface area contributed by atoms with Gasteiger partial charge in [0, 0.05) is 11.0 Å². The van der Waals surface area contributed by atoms with Gasteiger partial charge in [0.25, 0.3) is 0 Å². The molecule has 0 radical (unpaired) electrons. The molecule has 2 nitrogen and oxygen atoms in total. The van der Waals surface area contributed by atoms with Crippen LogP contribution < -0.4 is 10.5 Å². The smallest absolute Gasteiger partial charge is 0.120 e. The SMILES string of the molecule is CC(C)C(CN)Oc1cccc(Br)c1. The first-order valence-corrected chi connectivity index (χ1v) is 5.55. The van der Waals surface area contributed by atoms with Gasteiger partial charge in [-0.1, -0.05) is 35.8 Å². The van der Waals surface area contributed by atoms with Crippen LogP contribution in [0.3, 0.4) is 0 Å². The first-order chi connectivity index (χ1) is 6.63. The first-order valence-electron chi connectivity index (χ1n) is 4.75. The summed E-state index contributed by atoms with van der Waals surface area (Å²) in [4.78, 5) is 0. The monoisotopic (exact) mass is 257 g/mol. The van der Waals surface area contributed by atoms with E-state index in [2.05, 4.69) is 29.8 Å². The van der Waals surface area contributed by atoms with Gasteiger partial charge in [-0.2, -0.15) is 0 Å². The summed E-state index contributed by atoms with van der Waals surface area (Å²) in [6.45, 7) is 4.76. The first kappa shape index (κ1) is 11.5. The summed E-state index contributed by atoms with van der Waals surface area (Å²) >= 11 is 3.40. The van der Waals surface area contributed by atoms with Crippen molar-refractivity contribution in [3.8, 4) is 5.75 Å². The van der Waals surface area contributed by atoms with E-state index in [1.807, 2.05) is 24.3 Å². The number of hydrogen-bond acceptors (Lipinski definition) is 2. The molecule has 1 atom stereocenters. The Kier molecular flexibility index (Phi) is 4.42. The number of halogens is 1. The van der Waals surface area contributed by atoms with Gasteiger partial charge in [0.15, 0.2) is 0 Å². The molecular formula is C11H16BrNO. The summed E-state index contributed by atoms with van der Waals surface area (Å²) in [5.41, 5.74) is 5.62. The molecule has 0 amide bonds. The van der Waals surface area contributed by atoms with Crippen LogP contribution in [-0.4, -0.2) is 12.6 Å². The fourth-order valence-corrected chi connectivity index (χ4v) is 1.55. The van der Waals surface area contributed by atoms with Crippen molar-refractivity contribution in [3.63, 3.8) is 0 Å². The predicted octanol–water partition coefficient (Wildman–Crippen LogP) is 2.81. The largest absolute Gasteiger partial charge is 0.489 e. The van der Waals surface area contributed by atoms with Crippen molar-refractivity contribution in [2.45, 2.75) is 20.0 Å². The molecule has 0 bridgehead atoms. The third-order valence-electron chi connectivity index (χ3n) is 2.06. The van der Waals surface area contributed by atoms with E-state index < -0.39 is 0 Å². The normalized spacial score (nSPS) is 12.9. The van der Waals surface area contributed by atoms with Crippen LogP contribution in [0, 0.1) is 5.92 Å². The van der Waals surface area contributed by atoms with Crippen LogP contribution >= 0.6 is 15.9 Å². The summed E-state index contributed by atoms with van der Waals surface area (Å²) in [5, 5.41) is 0. The van der Waals surface area contributed by atoms with Crippen LogP contribution in [0.25, 0.3) is 0 Å². The highest BCUT2D eigenvalue weighted by molar-refractivity contribution is 9.10. The highest BCUT2D eigenvalue weighted by Gasteiger charge is 2.12. The second kappa shape index (κ2) is 5.37. The number of ether oxygens (including phenoxy) is 1. The van der Waals surface area contributed by atoms with Crippen LogP contribution in [0.4, 0.5) is 0 Å². The molecule has 0 aliphatic heterocycles. The molecule has 1 aromatic rings. The number of nitrogens with two attached hydrogens (primary N) is 1. The van der Waals surface area contributed by atoms with E-state index in [9.17, 15) is 0 Å². The van der Waals surface area contributed by atoms with E-state index >= 15 is 0 Å². The molecule has 0 heterocycles. The molecule has 0 saturated heterocycles. The zero-order valence-corrected chi connectivity index (χ0v) is 10.1. The number of hydrogen-bond donors (Lipinski definition) is 1. The van der Waals surface area contributed by atoms with Gasteiger partial charge in [-0.15, -0.1) is 0 Å². The second-order valence-corrected chi connectivity index (χ2v) is 4.51. The van der Waals surface area contributed by atoms with Crippen molar-refractivity contribution < 1.29 is 4.74 Å². The minimum absolute atomic E-state index is 0.0873. The highest BCUT2D eigenvalue weighted by atomic mass is 79.9. The molecule has 0 aromatic heterocycles. The zero-order valence-electron chi connectivity index (χ0n) is 8.53. The van der Waals surface area contributed by atoms with E-state index in [1.165, 1.54) is 0 Å². The Morgan fingerprint density at radius 3 is 2.64 bits per heavy atom. The standard InChI is InChI=1S/C11H16BrNO/c1-8(2)11(7-13)14-10-5-3-4-9(12)6-10/h3-6,8,11H,7,13H2,1-2H3. The topological polar surface area (TPSA) is 35.2 Å². The number of rotatable bonds is 4. The minimum atomic E-state index is 0.0873. The van der Waals surface area contributed by atoms with Crippen molar-refractivity contribution >= 4 is 15.9 Å². The van der Waals surface area contributed by atoms with Crippen molar-refractivity contribution in [1.29, 1.82) is 0 Å². The maximum absolute atomic E-state index is 5.75. The molecule has 0 aliphatic rings. The maximum atomic E-state index is 5.75. The van der Waals surface area contributed by atoms with Gasteiger partial charge in [-0.05, 0) is 24.1 Å². The molecule has 1 unspecified atom stereocenters. The lowest BCUT2D eigenvalue weighted by molar-refractivity contribution is 0.159. The lowest BCUT2D eigenvalue weighted by atomic mass is 10.1. The van der Waals surface area contributed by atoms with Gasteiger partial charge in [0.2, 0.25) is 0 Å². The molecule has 0 aliphatic carbocycles. The predicted molar refractivity (Wildman–Crippen MR) is 62.5 cm³/mol. The average molecular weight is 258 g/mol. The summed E-state index contributed by atoms with van der Waals surface area (Å²) in [7, 11) is 0. The van der Waals surface area contributed by atoms with Crippen molar-refractivity contribution in [2.24, 2.45) is 11.7 Å². The van der Waals surface area contributed by atoms with Crippen LogP contribution in [-0.2, 0) is 0 Å². The lowest BCUT2D eigenvalue weighted by Gasteiger charge is -2.20. The Morgan fingerprint density at radius 1 is 1.43 bits per heavy atom. The third kappa shape index (κ3) is 3.31.